The maximum absolute atomic E-state index is 12.7. The summed E-state index contributed by atoms with van der Waals surface area (Å²) in [6, 6.07) is 2.39. The van der Waals surface area contributed by atoms with Crippen molar-refractivity contribution in [1.29, 1.82) is 0 Å². The second-order valence-corrected chi connectivity index (χ2v) is 10.8. The van der Waals surface area contributed by atoms with E-state index in [1.54, 1.807) is 11.1 Å². The van der Waals surface area contributed by atoms with Gasteiger partial charge in [0.25, 0.3) is 5.91 Å². The molecule has 0 atom stereocenters. The molecule has 1 saturated heterocycles. The zero-order valence-corrected chi connectivity index (χ0v) is 17.6. The summed E-state index contributed by atoms with van der Waals surface area (Å²) in [5.41, 5.74) is 2.51. The van der Waals surface area contributed by atoms with Crippen molar-refractivity contribution in [3.05, 3.63) is 24.0 Å². The van der Waals surface area contributed by atoms with Gasteiger partial charge in [-0.3, -0.25) is 13.9 Å². The molecule has 4 heterocycles. The van der Waals surface area contributed by atoms with Gasteiger partial charge in [0.2, 0.25) is 0 Å². The first-order chi connectivity index (χ1) is 13.9. The van der Waals surface area contributed by atoms with E-state index in [4.69, 9.17) is 0 Å². The summed E-state index contributed by atoms with van der Waals surface area (Å²) in [5, 5.41) is 1.01. The minimum Gasteiger partial charge on any atom is -0.349 e. The van der Waals surface area contributed by atoms with Crippen molar-refractivity contribution in [3.8, 4) is 0 Å². The molecule has 158 valence electrons. The molecule has 8 nitrogen and oxygen atoms in total. The molecule has 1 amide bonds. The molecule has 2 aliphatic heterocycles. The number of amides is 1. The average molecular weight is 420 g/mol. The Morgan fingerprint density at radius 2 is 2.07 bits per heavy atom. The van der Waals surface area contributed by atoms with Gasteiger partial charge >= 0.3 is 0 Å². The van der Waals surface area contributed by atoms with Crippen LogP contribution >= 0.6 is 10.8 Å². The van der Waals surface area contributed by atoms with Gasteiger partial charge in [0, 0.05) is 44.0 Å². The lowest BCUT2D eigenvalue weighted by molar-refractivity contribution is 0.0774. The van der Waals surface area contributed by atoms with Gasteiger partial charge in [-0.25, -0.2) is 9.29 Å². The Balaban J connectivity index is 1.34. The van der Waals surface area contributed by atoms with Crippen molar-refractivity contribution in [2.24, 2.45) is 5.92 Å². The highest BCUT2D eigenvalue weighted by atomic mass is 32.3. The van der Waals surface area contributed by atoms with E-state index in [0.717, 1.165) is 61.9 Å². The number of nitrogens with one attached hydrogen (secondary N) is 1. The normalized spacial score (nSPS) is 28.7. The predicted molar refractivity (Wildman–Crippen MR) is 115 cm³/mol. The summed E-state index contributed by atoms with van der Waals surface area (Å²) in [6.07, 6.45) is 8.69. The van der Waals surface area contributed by atoms with Crippen molar-refractivity contribution < 1.29 is 13.9 Å². The maximum Gasteiger partial charge on any atom is 0.258 e. The van der Waals surface area contributed by atoms with Gasteiger partial charge in [-0.05, 0) is 44.1 Å². The monoisotopic (exact) mass is 419 g/mol. The van der Waals surface area contributed by atoms with Crippen LogP contribution in [0.3, 0.4) is 0 Å². The first-order valence-corrected chi connectivity index (χ1v) is 12.1. The van der Waals surface area contributed by atoms with E-state index in [2.05, 4.69) is 14.9 Å². The number of carbonyl (C=O) groups is 1. The van der Waals surface area contributed by atoms with E-state index < -0.39 is 10.8 Å². The summed E-state index contributed by atoms with van der Waals surface area (Å²) >= 11 is 0. The van der Waals surface area contributed by atoms with Crippen LogP contribution in [0.25, 0.3) is 11.0 Å². The zero-order valence-electron chi connectivity index (χ0n) is 16.8. The minimum atomic E-state index is -2.52. The van der Waals surface area contributed by atoms with Crippen molar-refractivity contribution >= 4 is 33.4 Å². The van der Waals surface area contributed by atoms with E-state index in [1.807, 2.05) is 23.6 Å². The lowest BCUT2D eigenvalue weighted by Crippen LogP contribution is -2.50. The highest BCUT2D eigenvalue weighted by Crippen LogP contribution is 2.49. The molecular weight excluding hydrogens is 390 g/mol. The highest BCUT2D eigenvalue weighted by Gasteiger charge is 2.37. The predicted octanol–water partition coefficient (Wildman–Crippen LogP) is 3.34. The molecule has 0 spiro atoms. The van der Waals surface area contributed by atoms with E-state index in [9.17, 15) is 13.9 Å². The molecular formula is C20H29N5O3S. The minimum absolute atomic E-state index is 0.0276. The van der Waals surface area contributed by atoms with Gasteiger partial charge in [-0.2, -0.15) is 0 Å². The van der Waals surface area contributed by atoms with Gasteiger partial charge in [-0.15, -0.1) is 10.8 Å². The number of rotatable bonds is 3. The third kappa shape index (κ3) is 3.30. The van der Waals surface area contributed by atoms with Crippen LogP contribution in [0.5, 0.6) is 0 Å². The molecule has 3 N–H and O–H groups in total. The van der Waals surface area contributed by atoms with Crippen LogP contribution in [0.4, 0.5) is 5.69 Å². The van der Waals surface area contributed by atoms with Gasteiger partial charge in [0.15, 0.2) is 0 Å². The summed E-state index contributed by atoms with van der Waals surface area (Å²) in [6.45, 7) is 2.18. The fourth-order valence-electron chi connectivity index (χ4n) is 5.17. The van der Waals surface area contributed by atoms with E-state index in [-0.39, 0.29) is 5.91 Å². The van der Waals surface area contributed by atoms with Crippen LogP contribution in [0, 0.1) is 5.92 Å². The Morgan fingerprint density at radius 1 is 1.28 bits per heavy atom. The van der Waals surface area contributed by atoms with Crippen molar-refractivity contribution in [2.45, 2.75) is 38.1 Å². The number of hydrogen-bond acceptors (Lipinski definition) is 6. The topological polar surface area (TPSA) is 95.9 Å². The Bertz CT molecular complexity index is 924. The Morgan fingerprint density at radius 3 is 2.79 bits per heavy atom. The summed E-state index contributed by atoms with van der Waals surface area (Å²) in [7, 11) is -0.673. The summed E-state index contributed by atoms with van der Waals surface area (Å²) in [4.78, 5) is 24.5. The van der Waals surface area contributed by atoms with Gasteiger partial charge < -0.3 is 14.8 Å². The number of fused-ring (bicyclic) bond motifs is 3. The molecule has 1 saturated carbocycles. The smallest absolute Gasteiger partial charge is 0.258 e. The number of aromatic amines is 1. The quantitative estimate of drug-likeness (QED) is 0.706. The molecule has 29 heavy (non-hydrogen) atoms. The third-order valence-electron chi connectivity index (χ3n) is 6.75. The second-order valence-electron chi connectivity index (χ2n) is 8.63. The van der Waals surface area contributed by atoms with Crippen molar-refractivity contribution in [1.82, 2.24) is 19.2 Å². The zero-order chi connectivity index (χ0) is 20.2. The van der Waals surface area contributed by atoms with Crippen LogP contribution in [0.1, 0.15) is 42.5 Å². The number of nitrogens with zero attached hydrogens (tertiary/aromatic N) is 4. The van der Waals surface area contributed by atoms with Crippen molar-refractivity contribution in [3.63, 3.8) is 0 Å². The van der Waals surface area contributed by atoms with E-state index in [1.165, 1.54) is 0 Å². The molecule has 3 aliphatic rings. The van der Waals surface area contributed by atoms with Crippen LogP contribution in [-0.2, 0) is 0 Å². The summed E-state index contributed by atoms with van der Waals surface area (Å²) in [5.74, 6) is 1.05. The van der Waals surface area contributed by atoms with Gasteiger partial charge in [0.05, 0.1) is 23.7 Å². The largest absolute Gasteiger partial charge is 0.349 e. The Hall–Kier alpha value is -1.81. The molecule has 9 heteroatoms. The molecule has 0 radical (unpaired) electrons. The number of pyridine rings is 1. The van der Waals surface area contributed by atoms with Crippen LogP contribution in [0.15, 0.2) is 18.5 Å². The van der Waals surface area contributed by atoms with Gasteiger partial charge in [-0.1, -0.05) is 0 Å². The standard InChI is InChI=1S/C20H29N5O3S/c1-23-13-25(18-16-7-8-21-19(16)22-11-17(18)20(23)26)15-5-3-14(4-6-15)12-24-9-2-10-29(24,27)28/h7-8,11,14-15,27-28H,2-6,9-10,12-13H2,1H3,(H,21,22)/t14-,15-. The highest BCUT2D eigenvalue weighted by molar-refractivity contribution is 8.22. The maximum atomic E-state index is 12.7. The van der Waals surface area contributed by atoms with E-state index >= 15 is 0 Å². The lowest BCUT2D eigenvalue weighted by Gasteiger charge is -2.45. The average Bonchev–Trinajstić information content (AvgIpc) is 3.31. The third-order valence-corrected chi connectivity index (χ3v) is 8.74. The molecule has 2 fully saturated rings. The molecule has 0 aromatic carbocycles. The van der Waals surface area contributed by atoms with E-state index in [0.29, 0.717) is 29.9 Å². The first kappa shape index (κ1) is 19.2. The fourth-order valence-corrected chi connectivity index (χ4v) is 6.82. The molecule has 1 aliphatic carbocycles. The van der Waals surface area contributed by atoms with Gasteiger partial charge in [0.1, 0.15) is 5.65 Å². The Kier molecular flexibility index (Phi) is 4.73. The molecule has 0 unspecified atom stereocenters. The number of aromatic nitrogens is 2. The molecule has 2 aromatic heterocycles. The van der Waals surface area contributed by atoms with Crippen LogP contribution in [-0.4, -0.2) is 72.8 Å². The summed E-state index contributed by atoms with van der Waals surface area (Å²) < 4.78 is 22.3. The molecule has 0 bridgehead atoms. The SMILES string of the molecule is CN1CN([C@H]2CC[C@H](CN3CCCS3(O)O)CC2)c2c(cnc3[nH]ccc23)C1=O. The number of carbonyl (C=O) groups excluding carboxylic acids is 1. The Labute approximate surface area is 172 Å². The molecule has 5 rings (SSSR count). The first-order valence-electron chi connectivity index (χ1n) is 10.4. The van der Waals surface area contributed by atoms with Crippen LogP contribution < -0.4 is 4.90 Å². The van der Waals surface area contributed by atoms with Crippen LogP contribution in [0.2, 0.25) is 0 Å². The molecule has 2 aromatic rings. The second kappa shape index (κ2) is 7.16. The number of anilines is 1. The number of H-pyrrole nitrogens is 1. The van der Waals surface area contributed by atoms with Crippen molar-refractivity contribution in [2.75, 3.05) is 37.5 Å². The fraction of sp³-hybridized carbons (Fsp3) is 0.600. The lowest BCUT2D eigenvalue weighted by atomic mass is 9.84. The number of hydrogen-bond donors (Lipinski definition) is 3.